The van der Waals surface area contributed by atoms with Gasteiger partial charge in [-0.1, -0.05) is 0 Å². The molecule has 0 bridgehead atoms. The van der Waals surface area contributed by atoms with Crippen molar-refractivity contribution in [1.29, 1.82) is 0 Å². The standard InChI is InChI=1S/C15H16N2O5S/c1-4-22-14(19)11-8-23-15(16-11)17-13(18)10-7-9(20-2)5-6-12(10)21-3/h5-8H,4H2,1-3H3,(H,16,17,18). The van der Waals surface area contributed by atoms with E-state index in [-0.39, 0.29) is 12.3 Å². The van der Waals surface area contributed by atoms with E-state index in [4.69, 9.17) is 14.2 Å². The fraction of sp³-hybridized carbons (Fsp3) is 0.267. The molecule has 0 saturated carbocycles. The Morgan fingerprint density at radius 3 is 2.70 bits per heavy atom. The molecule has 0 saturated heterocycles. The Kier molecular flexibility index (Phi) is 5.53. The summed E-state index contributed by atoms with van der Waals surface area (Å²) in [5, 5.41) is 4.45. The maximum Gasteiger partial charge on any atom is 0.357 e. The maximum atomic E-state index is 12.4. The molecule has 122 valence electrons. The van der Waals surface area contributed by atoms with E-state index < -0.39 is 11.9 Å². The molecule has 0 aliphatic carbocycles. The lowest BCUT2D eigenvalue weighted by Crippen LogP contribution is -2.13. The van der Waals surface area contributed by atoms with Crippen LogP contribution in [-0.4, -0.2) is 37.7 Å². The first-order valence-electron chi connectivity index (χ1n) is 6.75. The van der Waals surface area contributed by atoms with Crippen molar-refractivity contribution in [3.8, 4) is 11.5 Å². The maximum absolute atomic E-state index is 12.4. The highest BCUT2D eigenvalue weighted by Gasteiger charge is 2.17. The minimum atomic E-state index is -0.525. The molecule has 0 fully saturated rings. The van der Waals surface area contributed by atoms with Gasteiger partial charge in [0.2, 0.25) is 0 Å². The second-order valence-electron chi connectivity index (χ2n) is 4.28. The number of nitrogens with zero attached hydrogens (tertiary/aromatic N) is 1. The molecule has 2 aromatic rings. The Balaban J connectivity index is 2.17. The number of amides is 1. The quantitative estimate of drug-likeness (QED) is 0.816. The number of thiazole rings is 1. The van der Waals surface area contributed by atoms with Crippen LogP contribution >= 0.6 is 11.3 Å². The molecule has 0 aliphatic heterocycles. The summed E-state index contributed by atoms with van der Waals surface area (Å²) in [4.78, 5) is 28.0. The third-order valence-corrected chi connectivity index (χ3v) is 3.62. The number of benzene rings is 1. The Hall–Kier alpha value is -2.61. The Bertz CT molecular complexity index is 714. The van der Waals surface area contributed by atoms with Gasteiger partial charge in [-0.2, -0.15) is 0 Å². The average Bonchev–Trinajstić information content (AvgIpc) is 3.03. The lowest BCUT2D eigenvalue weighted by Gasteiger charge is -2.09. The van der Waals surface area contributed by atoms with Gasteiger partial charge in [0.15, 0.2) is 10.8 Å². The monoisotopic (exact) mass is 336 g/mol. The minimum absolute atomic E-state index is 0.157. The molecule has 0 unspecified atom stereocenters. The van der Waals surface area contributed by atoms with Gasteiger partial charge in [0.1, 0.15) is 11.5 Å². The molecule has 23 heavy (non-hydrogen) atoms. The highest BCUT2D eigenvalue weighted by molar-refractivity contribution is 7.14. The number of esters is 1. The number of carbonyl (C=O) groups is 2. The SMILES string of the molecule is CCOC(=O)c1csc(NC(=O)c2cc(OC)ccc2OC)n1. The van der Waals surface area contributed by atoms with Crippen molar-refractivity contribution in [1.82, 2.24) is 4.98 Å². The molecule has 8 heteroatoms. The highest BCUT2D eigenvalue weighted by atomic mass is 32.1. The third kappa shape index (κ3) is 3.98. The average molecular weight is 336 g/mol. The van der Waals surface area contributed by atoms with E-state index in [1.54, 1.807) is 25.1 Å². The van der Waals surface area contributed by atoms with E-state index in [1.807, 2.05) is 0 Å². The molecule has 1 aromatic carbocycles. The summed E-state index contributed by atoms with van der Waals surface area (Å²) < 4.78 is 15.1. The number of hydrogen-bond acceptors (Lipinski definition) is 7. The van der Waals surface area contributed by atoms with Gasteiger partial charge >= 0.3 is 5.97 Å². The molecule has 1 aromatic heterocycles. The molecule has 0 spiro atoms. The predicted molar refractivity (Wildman–Crippen MR) is 85.6 cm³/mol. The van der Waals surface area contributed by atoms with Crippen LogP contribution in [0, 0.1) is 0 Å². The molecular formula is C15H16N2O5S. The van der Waals surface area contributed by atoms with Crippen molar-refractivity contribution < 1.29 is 23.8 Å². The summed E-state index contributed by atoms with van der Waals surface area (Å²) in [7, 11) is 2.98. The zero-order chi connectivity index (χ0) is 16.8. The molecule has 1 heterocycles. The molecule has 1 N–H and O–H groups in total. The molecule has 0 atom stereocenters. The number of methoxy groups -OCH3 is 2. The van der Waals surface area contributed by atoms with Crippen molar-refractivity contribution in [2.75, 3.05) is 26.1 Å². The summed E-state index contributed by atoms with van der Waals surface area (Å²) >= 11 is 1.13. The highest BCUT2D eigenvalue weighted by Crippen LogP contribution is 2.25. The fourth-order valence-corrected chi connectivity index (χ4v) is 2.46. The van der Waals surface area contributed by atoms with Crippen LogP contribution < -0.4 is 14.8 Å². The largest absolute Gasteiger partial charge is 0.497 e. The Morgan fingerprint density at radius 1 is 1.26 bits per heavy atom. The van der Waals surface area contributed by atoms with Crippen LogP contribution in [-0.2, 0) is 4.74 Å². The van der Waals surface area contributed by atoms with E-state index in [9.17, 15) is 9.59 Å². The van der Waals surface area contributed by atoms with Crippen molar-refractivity contribution >= 4 is 28.3 Å². The van der Waals surface area contributed by atoms with Gasteiger partial charge in [-0.3, -0.25) is 10.1 Å². The lowest BCUT2D eigenvalue weighted by molar-refractivity contribution is 0.0520. The first-order chi connectivity index (χ1) is 11.1. The number of anilines is 1. The van der Waals surface area contributed by atoms with E-state index in [1.165, 1.54) is 19.6 Å². The minimum Gasteiger partial charge on any atom is -0.497 e. The van der Waals surface area contributed by atoms with Crippen LogP contribution in [0.15, 0.2) is 23.6 Å². The van der Waals surface area contributed by atoms with Gasteiger partial charge in [0.05, 0.1) is 26.4 Å². The van der Waals surface area contributed by atoms with E-state index in [0.29, 0.717) is 22.2 Å². The van der Waals surface area contributed by atoms with Crippen molar-refractivity contribution in [3.05, 3.63) is 34.8 Å². The molecule has 0 radical (unpaired) electrons. The Labute approximate surface area is 137 Å². The second kappa shape index (κ2) is 7.59. The topological polar surface area (TPSA) is 86.8 Å². The van der Waals surface area contributed by atoms with Crippen molar-refractivity contribution in [2.24, 2.45) is 0 Å². The van der Waals surface area contributed by atoms with Gasteiger partial charge in [0.25, 0.3) is 5.91 Å². The van der Waals surface area contributed by atoms with Crippen LogP contribution in [0.2, 0.25) is 0 Å². The molecule has 1 amide bonds. The molecule has 0 aliphatic rings. The van der Waals surface area contributed by atoms with Gasteiger partial charge < -0.3 is 14.2 Å². The summed E-state index contributed by atoms with van der Waals surface area (Å²) in [5.74, 6) is 0.00138. The molecule has 7 nitrogen and oxygen atoms in total. The van der Waals surface area contributed by atoms with Gasteiger partial charge in [-0.25, -0.2) is 9.78 Å². The first-order valence-corrected chi connectivity index (χ1v) is 7.63. The van der Waals surface area contributed by atoms with Crippen LogP contribution in [0.5, 0.6) is 11.5 Å². The summed E-state index contributed by atoms with van der Waals surface area (Å²) in [6.45, 7) is 1.97. The van der Waals surface area contributed by atoms with Crippen LogP contribution in [0.1, 0.15) is 27.8 Å². The normalized spacial score (nSPS) is 10.0. The summed E-state index contributed by atoms with van der Waals surface area (Å²) in [6, 6.07) is 4.89. The summed E-state index contributed by atoms with van der Waals surface area (Å²) in [5.41, 5.74) is 0.462. The number of ether oxygens (including phenoxy) is 3. The van der Waals surface area contributed by atoms with Crippen molar-refractivity contribution in [2.45, 2.75) is 6.92 Å². The molecular weight excluding hydrogens is 320 g/mol. The van der Waals surface area contributed by atoms with E-state index in [2.05, 4.69) is 10.3 Å². The number of aromatic nitrogens is 1. The van der Waals surface area contributed by atoms with Gasteiger partial charge in [0, 0.05) is 5.38 Å². The van der Waals surface area contributed by atoms with E-state index >= 15 is 0 Å². The Morgan fingerprint density at radius 2 is 2.04 bits per heavy atom. The van der Waals surface area contributed by atoms with Gasteiger partial charge in [-0.05, 0) is 25.1 Å². The van der Waals surface area contributed by atoms with Crippen LogP contribution in [0.3, 0.4) is 0 Å². The lowest BCUT2D eigenvalue weighted by atomic mass is 10.2. The molecule has 2 rings (SSSR count). The zero-order valence-corrected chi connectivity index (χ0v) is 13.7. The third-order valence-electron chi connectivity index (χ3n) is 2.86. The fourth-order valence-electron chi connectivity index (χ4n) is 1.79. The smallest absolute Gasteiger partial charge is 0.357 e. The first kappa shape index (κ1) is 16.8. The summed E-state index contributed by atoms with van der Waals surface area (Å²) in [6.07, 6.45) is 0. The zero-order valence-electron chi connectivity index (χ0n) is 12.9. The van der Waals surface area contributed by atoms with Crippen LogP contribution in [0.4, 0.5) is 5.13 Å². The number of carbonyl (C=O) groups excluding carboxylic acids is 2. The second-order valence-corrected chi connectivity index (χ2v) is 5.14. The number of rotatable bonds is 6. The number of hydrogen-bond donors (Lipinski definition) is 1. The number of nitrogens with one attached hydrogen (secondary N) is 1. The van der Waals surface area contributed by atoms with Crippen molar-refractivity contribution in [3.63, 3.8) is 0 Å². The van der Waals surface area contributed by atoms with Gasteiger partial charge in [-0.15, -0.1) is 11.3 Å². The van der Waals surface area contributed by atoms with E-state index in [0.717, 1.165) is 11.3 Å². The van der Waals surface area contributed by atoms with Crippen LogP contribution in [0.25, 0.3) is 0 Å². The predicted octanol–water partition coefficient (Wildman–Crippen LogP) is 2.59.